The van der Waals surface area contributed by atoms with E-state index in [4.69, 9.17) is 0 Å². The van der Waals surface area contributed by atoms with Crippen LogP contribution in [-0.2, 0) is 0 Å². The Bertz CT molecular complexity index is 638. The summed E-state index contributed by atoms with van der Waals surface area (Å²) in [6, 6.07) is 6.90. The van der Waals surface area contributed by atoms with E-state index < -0.39 is 0 Å². The number of anilines is 3. The third-order valence-corrected chi connectivity index (χ3v) is 3.39. The molecule has 1 aliphatic rings. The number of hydrogen-bond acceptors (Lipinski definition) is 4. The van der Waals surface area contributed by atoms with E-state index in [1.54, 1.807) is 13.0 Å². The van der Waals surface area contributed by atoms with Gasteiger partial charge in [0, 0.05) is 24.7 Å². The Balaban J connectivity index is 1.88. The Morgan fingerprint density at radius 2 is 1.90 bits per heavy atom. The first-order valence-electron chi connectivity index (χ1n) is 6.75. The lowest BCUT2D eigenvalue weighted by Crippen LogP contribution is -2.03. The molecule has 0 aliphatic heterocycles. The molecule has 2 N–H and O–H groups in total. The highest BCUT2D eigenvalue weighted by Crippen LogP contribution is 2.39. The van der Waals surface area contributed by atoms with E-state index in [0.29, 0.717) is 23.0 Å². The molecule has 1 aromatic carbocycles. The summed E-state index contributed by atoms with van der Waals surface area (Å²) in [5, 5.41) is 6.17. The van der Waals surface area contributed by atoms with Crippen LogP contribution in [0.5, 0.6) is 0 Å². The lowest BCUT2D eigenvalue weighted by atomic mass is 10.2. The Morgan fingerprint density at radius 3 is 2.55 bits per heavy atom. The number of hydrogen-bond donors (Lipinski definition) is 2. The summed E-state index contributed by atoms with van der Waals surface area (Å²) in [7, 11) is 1.83. The van der Waals surface area contributed by atoms with E-state index in [-0.39, 0.29) is 5.82 Å². The van der Waals surface area contributed by atoms with Gasteiger partial charge in [0.05, 0.1) is 0 Å². The van der Waals surface area contributed by atoms with E-state index in [1.165, 1.54) is 6.07 Å². The SMILES string of the molecule is CNc1cc(Nc2ccc(C)c(F)c2)nc(C2CC2)n1. The number of benzene rings is 1. The van der Waals surface area contributed by atoms with Crippen molar-refractivity contribution in [3.8, 4) is 0 Å². The van der Waals surface area contributed by atoms with Gasteiger partial charge in [-0.2, -0.15) is 0 Å². The smallest absolute Gasteiger partial charge is 0.136 e. The summed E-state index contributed by atoms with van der Waals surface area (Å²) in [6.07, 6.45) is 2.29. The first-order chi connectivity index (χ1) is 9.65. The zero-order chi connectivity index (χ0) is 14.1. The van der Waals surface area contributed by atoms with Crippen molar-refractivity contribution >= 4 is 17.3 Å². The first-order valence-corrected chi connectivity index (χ1v) is 6.75. The molecule has 3 rings (SSSR count). The van der Waals surface area contributed by atoms with Gasteiger partial charge in [-0.15, -0.1) is 0 Å². The zero-order valence-corrected chi connectivity index (χ0v) is 11.6. The van der Waals surface area contributed by atoms with E-state index in [0.717, 1.165) is 24.5 Å². The highest BCUT2D eigenvalue weighted by molar-refractivity contribution is 5.59. The summed E-state index contributed by atoms with van der Waals surface area (Å²) >= 11 is 0. The van der Waals surface area contributed by atoms with Crippen molar-refractivity contribution in [2.45, 2.75) is 25.7 Å². The molecule has 0 amide bonds. The molecule has 4 nitrogen and oxygen atoms in total. The molecule has 1 aliphatic carbocycles. The molecule has 1 heterocycles. The standard InChI is InChI=1S/C15H17FN4/c1-9-3-6-11(7-12(9)16)18-14-8-13(17-2)19-15(20-14)10-4-5-10/h3,6-8,10H,4-5H2,1-2H3,(H2,17,18,19,20). The van der Waals surface area contributed by atoms with Gasteiger partial charge in [0.15, 0.2) is 0 Å². The van der Waals surface area contributed by atoms with Gasteiger partial charge in [0.2, 0.25) is 0 Å². The normalized spacial score (nSPS) is 14.2. The maximum absolute atomic E-state index is 13.6. The van der Waals surface area contributed by atoms with Crippen LogP contribution in [0, 0.1) is 12.7 Å². The lowest BCUT2D eigenvalue weighted by Gasteiger charge is -2.10. The van der Waals surface area contributed by atoms with Crippen LogP contribution in [0.2, 0.25) is 0 Å². The highest BCUT2D eigenvalue weighted by Gasteiger charge is 2.27. The van der Waals surface area contributed by atoms with Crippen molar-refractivity contribution in [3.63, 3.8) is 0 Å². The predicted molar refractivity (Wildman–Crippen MR) is 78.0 cm³/mol. The van der Waals surface area contributed by atoms with Crippen molar-refractivity contribution in [2.75, 3.05) is 17.7 Å². The second kappa shape index (κ2) is 5.07. The van der Waals surface area contributed by atoms with Crippen molar-refractivity contribution < 1.29 is 4.39 Å². The van der Waals surface area contributed by atoms with Crippen LogP contribution >= 0.6 is 0 Å². The highest BCUT2D eigenvalue weighted by atomic mass is 19.1. The van der Waals surface area contributed by atoms with Crippen molar-refractivity contribution in [1.82, 2.24) is 9.97 Å². The molecule has 1 saturated carbocycles. The molecule has 0 saturated heterocycles. The second-order valence-corrected chi connectivity index (χ2v) is 5.11. The number of aromatic nitrogens is 2. The Hall–Kier alpha value is -2.17. The average molecular weight is 272 g/mol. The molecule has 104 valence electrons. The van der Waals surface area contributed by atoms with E-state index in [1.807, 2.05) is 19.2 Å². The summed E-state index contributed by atoms with van der Waals surface area (Å²) in [4.78, 5) is 8.96. The molecule has 0 bridgehead atoms. The fraction of sp³-hybridized carbons (Fsp3) is 0.333. The van der Waals surface area contributed by atoms with E-state index in [2.05, 4.69) is 20.6 Å². The molecule has 2 aromatic rings. The maximum Gasteiger partial charge on any atom is 0.136 e. The lowest BCUT2D eigenvalue weighted by molar-refractivity contribution is 0.619. The maximum atomic E-state index is 13.6. The minimum atomic E-state index is -0.222. The second-order valence-electron chi connectivity index (χ2n) is 5.11. The summed E-state index contributed by atoms with van der Waals surface area (Å²) in [6.45, 7) is 1.74. The molecule has 5 heteroatoms. The predicted octanol–water partition coefficient (Wildman–Crippen LogP) is 3.59. The molecule has 0 unspecified atom stereocenters. The van der Waals surface area contributed by atoms with Gasteiger partial charge in [0.1, 0.15) is 23.3 Å². The van der Waals surface area contributed by atoms with Gasteiger partial charge in [-0.3, -0.25) is 0 Å². The van der Waals surface area contributed by atoms with Gasteiger partial charge in [-0.25, -0.2) is 14.4 Å². The van der Waals surface area contributed by atoms with Crippen LogP contribution in [0.4, 0.5) is 21.7 Å². The van der Waals surface area contributed by atoms with Crippen molar-refractivity contribution in [2.24, 2.45) is 0 Å². The van der Waals surface area contributed by atoms with Crippen LogP contribution in [0.25, 0.3) is 0 Å². The fourth-order valence-electron chi connectivity index (χ4n) is 2.00. The summed E-state index contributed by atoms with van der Waals surface area (Å²) in [5.74, 6) is 2.57. The molecule has 1 aromatic heterocycles. The van der Waals surface area contributed by atoms with Crippen molar-refractivity contribution in [1.29, 1.82) is 0 Å². The molecule has 0 radical (unpaired) electrons. The number of aryl methyl sites for hydroxylation is 1. The number of nitrogens with zero attached hydrogens (tertiary/aromatic N) is 2. The number of rotatable bonds is 4. The van der Waals surface area contributed by atoms with Gasteiger partial charge in [-0.1, -0.05) is 6.07 Å². The quantitative estimate of drug-likeness (QED) is 0.893. The topological polar surface area (TPSA) is 49.8 Å². The summed E-state index contributed by atoms with van der Waals surface area (Å²) in [5.41, 5.74) is 1.32. The largest absolute Gasteiger partial charge is 0.373 e. The Kier molecular flexibility index (Phi) is 3.26. The molecule has 20 heavy (non-hydrogen) atoms. The van der Waals surface area contributed by atoms with Gasteiger partial charge < -0.3 is 10.6 Å². The molecular formula is C15H17FN4. The Morgan fingerprint density at radius 1 is 1.15 bits per heavy atom. The monoisotopic (exact) mass is 272 g/mol. The van der Waals surface area contributed by atoms with Gasteiger partial charge in [0.25, 0.3) is 0 Å². The number of nitrogens with one attached hydrogen (secondary N) is 2. The van der Waals surface area contributed by atoms with E-state index >= 15 is 0 Å². The van der Waals surface area contributed by atoms with Crippen LogP contribution in [0.15, 0.2) is 24.3 Å². The molecule has 1 fully saturated rings. The summed E-state index contributed by atoms with van der Waals surface area (Å²) < 4.78 is 13.6. The number of halogens is 1. The molecular weight excluding hydrogens is 255 g/mol. The van der Waals surface area contributed by atoms with E-state index in [9.17, 15) is 4.39 Å². The van der Waals surface area contributed by atoms with Crippen LogP contribution in [0.1, 0.15) is 30.1 Å². The average Bonchev–Trinajstić information content (AvgIpc) is 3.27. The fourth-order valence-corrected chi connectivity index (χ4v) is 2.00. The molecule has 0 spiro atoms. The zero-order valence-electron chi connectivity index (χ0n) is 11.6. The third kappa shape index (κ3) is 2.71. The minimum absolute atomic E-state index is 0.222. The van der Waals surface area contributed by atoms with Crippen molar-refractivity contribution in [3.05, 3.63) is 41.5 Å². The van der Waals surface area contributed by atoms with Crippen LogP contribution < -0.4 is 10.6 Å². The molecule has 0 atom stereocenters. The van der Waals surface area contributed by atoms with Crippen LogP contribution in [-0.4, -0.2) is 17.0 Å². The minimum Gasteiger partial charge on any atom is -0.373 e. The van der Waals surface area contributed by atoms with Gasteiger partial charge >= 0.3 is 0 Å². The first kappa shape index (κ1) is 12.8. The Labute approximate surface area is 117 Å². The van der Waals surface area contributed by atoms with Gasteiger partial charge in [-0.05, 0) is 37.5 Å². The van der Waals surface area contributed by atoms with Crippen LogP contribution in [0.3, 0.4) is 0 Å². The third-order valence-electron chi connectivity index (χ3n) is 3.39.